The number of esters is 1. The molecule has 0 bridgehead atoms. The molecule has 0 aliphatic rings. The summed E-state index contributed by atoms with van der Waals surface area (Å²) < 4.78 is 30.5. The van der Waals surface area contributed by atoms with Crippen molar-refractivity contribution in [1.29, 1.82) is 0 Å². The van der Waals surface area contributed by atoms with Crippen LogP contribution in [0.2, 0.25) is 0 Å². The lowest BCUT2D eigenvalue weighted by molar-refractivity contribution is -0.141. The summed E-state index contributed by atoms with van der Waals surface area (Å²) in [6, 6.07) is 0. The van der Waals surface area contributed by atoms with Crippen molar-refractivity contribution in [1.82, 2.24) is 9.78 Å². The van der Waals surface area contributed by atoms with E-state index in [1.807, 2.05) is 0 Å². The van der Waals surface area contributed by atoms with E-state index in [9.17, 15) is 13.2 Å². The van der Waals surface area contributed by atoms with Gasteiger partial charge in [-0.1, -0.05) is 0 Å². The molecule has 1 heterocycles. The first-order valence-electron chi connectivity index (χ1n) is 4.56. The average Bonchev–Trinajstić information content (AvgIpc) is 2.64. The number of methoxy groups -OCH3 is 1. The van der Waals surface area contributed by atoms with E-state index in [0.717, 1.165) is 0 Å². The summed E-state index contributed by atoms with van der Waals surface area (Å²) >= 11 is 0. The Morgan fingerprint density at radius 2 is 2.31 bits per heavy atom. The Morgan fingerprint density at radius 3 is 2.88 bits per heavy atom. The van der Waals surface area contributed by atoms with E-state index in [4.69, 9.17) is 0 Å². The highest BCUT2D eigenvalue weighted by Gasteiger charge is 2.09. The maximum Gasteiger partial charge on any atom is 0.327 e. The zero-order chi connectivity index (χ0) is 12.2. The Kier molecular flexibility index (Phi) is 3.88. The molecule has 0 aromatic carbocycles. The fraction of sp³-hybridized carbons (Fsp3) is 0.500. The maximum absolute atomic E-state index is 11.2. The number of anilines is 1. The minimum absolute atomic E-state index is 0.0187. The molecule has 0 saturated carbocycles. The van der Waals surface area contributed by atoms with E-state index in [2.05, 4.69) is 14.6 Å². The number of sulfonamides is 1. The Balaban J connectivity index is 2.69. The molecule has 0 fully saturated rings. The van der Waals surface area contributed by atoms with Crippen LogP contribution in [0.15, 0.2) is 12.4 Å². The summed E-state index contributed by atoms with van der Waals surface area (Å²) in [6.07, 6.45) is 2.75. The molecular formula is C8H13N3O4S. The van der Waals surface area contributed by atoms with Crippen molar-refractivity contribution < 1.29 is 17.9 Å². The summed E-state index contributed by atoms with van der Waals surface area (Å²) in [7, 11) is -2.04. The third-order valence-electron chi connectivity index (χ3n) is 1.81. The van der Waals surface area contributed by atoms with Gasteiger partial charge in [0.2, 0.25) is 10.0 Å². The summed E-state index contributed by atoms with van der Waals surface area (Å²) in [5, 5.41) is 3.81. The molecule has 0 aliphatic carbocycles. The zero-order valence-electron chi connectivity index (χ0n) is 9.00. The number of rotatable bonds is 5. The first-order valence-corrected chi connectivity index (χ1v) is 6.22. The molecule has 0 saturated heterocycles. The molecule has 0 spiro atoms. The first kappa shape index (κ1) is 12.5. The number of carbonyl (C=O) groups is 1. The van der Waals surface area contributed by atoms with E-state index in [0.29, 0.717) is 5.69 Å². The lowest BCUT2D eigenvalue weighted by Crippen LogP contribution is -2.14. The van der Waals surface area contributed by atoms with E-state index in [1.54, 1.807) is 0 Å². The van der Waals surface area contributed by atoms with Gasteiger partial charge in [0, 0.05) is 6.20 Å². The molecule has 0 radical (unpaired) electrons. The number of ether oxygens (including phenoxy) is 1. The molecule has 16 heavy (non-hydrogen) atoms. The predicted molar refractivity (Wildman–Crippen MR) is 57.3 cm³/mol. The third kappa shape index (κ3) is 3.54. The van der Waals surface area contributed by atoms with E-state index >= 15 is 0 Å². The number of aromatic nitrogens is 2. The molecule has 0 aliphatic heterocycles. The fourth-order valence-corrected chi connectivity index (χ4v) is 1.56. The summed E-state index contributed by atoms with van der Waals surface area (Å²) in [5.74, 6) is -0.470. The largest absolute Gasteiger partial charge is 0.468 e. The average molecular weight is 247 g/mol. The van der Waals surface area contributed by atoms with Gasteiger partial charge in [0.25, 0.3) is 0 Å². The second-order valence-corrected chi connectivity index (χ2v) is 5.02. The fourth-order valence-electron chi connectivity index (χ4n) is 0.951. The Bertz CT molecular complexity index is 465. The molecule has 0 atom stereocenters. The van der Waals surface area contributed by atoms with Gasteiger partial charge in [-0.3, -0.25) is 14.2 Å². The standard InChI is InChI=1S/C8H13N3O4S/c1-3-16(13,14)10-7-4-9-11(5-7)6-8(12)15-2/h4-5,10H,3,6H2,1-2H3. The second kappa shape index (κ2) is 4.97. The van der Waals surface area contributed by atoms with Gasteiger partial charge in [0.05, 0.1) is 24.7 Å². The quantitative estimate of drug-likeness (QED) is 0.729. The molecule has 1 aromatic rings. The lowest BCUT2D eigenvalue weighted by atomic mass is 10.6. The minimum Gasteiger partial charge on any atom is -0.468 e. The number of hydrogen-bond acceptors (Lipinski definition) is 5. The highest BCUT2D eigenvalue weighted by Crippen LogP contribution is 2.07. The Labute approximate surface area is 93.4 Å². The predicted octanol–water partition coefficient (Wildman–Crippen LogP) is -0.182. The SMILES string of the molecule is CCS(=O)(=O)Nc1cnn(CC(=O)OC)c1. The van der Waals surface area contributed by atoms with Crippen LogP contribution in [0.4, 0.5) is 5.69 Å². The van der Waals surface area contributed by atoms with Crippen molar-refractivity contribution in [3.05, 3.63) is 12.4 Å². The van der Waals surface area contributed by atoms with Crippen LogP contribution in [0.1, 0.15) is 6.92 Å². The van der Waals surface area contributed by atoms with Gasteiger partial charge in [-0.15, -0.1) is 0 Å². The molecule has 0 amide bonds. The van der Waals surface area contributed by atoms with Crippen LogP contribution in [0, 0.1) is 0 Å². The number of nitrogens with one attached hydrogen (secondary N) is 1. The molecule has 1 aromatic heterocycles. The van der Waals surface area contributed by atoms with Crippen LogP contribution in [0.25, 0.3) is 0 Å². The van der Waals surface area contributed by atoms with Crippen molar-refractivity contribution in [2.75, 3.05) is 17.6 Å². The normalized spacial score (nSPS) is 11.1. The van der Waals surface area contributed by atoms with Gasteiger partial charge < -0.3 is 4.74 Å². The maximum atomic E-state index is 11.2. The van der Waals surface area contributed by atoms with Crippen LogP contribution < -0.4 is 4.72 Å². The van der Waals surface area contributed by atoms with Crippen LogP contribution in [0.3, 0.4) is 0 Å². The van der Waals surface area contributed by atoms with Crippen molar-refractivity contribution in [2.45, 2.75) is 13.5 Å². The lowest BCUT2D eigenvalue weighted by Gasteiger charge is -2.01. The Hall–Kier alpha value is -1.57. The summed E-state index contributed by atoms with van der Waals surface area (Å²) in [4.78, 5) is 10.9. The summed E-state index contributed by atoms with van der Waals surface area (Å²) in [5.41, 5.74) is 0.325. The van der Waals surface area contributed by atoms with Gasteiger partial charge in [-0.2, -0.15) is 5.10 Å². The monoisotopic (exact) mass is 247 g/mol. The van der Waals surface area contributed by atoms with Crippen molar-refractivity contribution in [3.63, 3.8) is 0 Å². The van der Waals surface area contributed by atoms with Gasteiger partial charge in [0.1, 0.15) is 6.54 Å². The van der Waals surface area contributed by atoms with Gasteiger partial charge >= 0.3 is 5.97 Å². The van der Waals surface area contributed by atoms with Gasteiger partial charge in [-0.05, 0) is 6.92 Å². The molecule has 0 unspecified atom stereocenters. The molecule has 1 rings (SSSR count). The van der Waals surface area contributed by atoms with Gasteiger partial charge in [-0.25, -0.2) is 8.42 Å². The van der Waals surface area contributed by atoms with Crippen LogP contribution in [0.5, 0.6) is 0 Å². The van der Waals surface area contributed by atoms with Crippen LogP contribution in [-0.2, 0) is 26.1 Å². The minimum atomic E-state index is -3.31. The topological polar surface area (TPSA) is 90.3 Å². The smallest absolute Gasteiger partial charge is 0.327 e. The van der Waals surface area contributed by atoms with Crippen molar-refractivity contribution >= 4 is 21.7 Å². The van der Waals surface area contributed by atoms with Crippen LogP contribution in [-0.4, -0.2) is 37.0 Å². The molecule has 1 N–H and O–H groups in total. The second-order valence-electron chi connectivity index (χ2n) is 3.01. The van der Waals surface area contributed by atoms with Crippen molar-refractivity contribution in [3.8, 4) is 0 Å². The zero-order valence-corrected chi connectivity index (χ0v) is 9.82. The highest BCUT2D eigenvalue weighted by molar-refractivity contribution is 7.92. The number of carbonyl (C=O) groups excluding carboxylic acids is 1. The molecular weight excluding hydrogens is 234 g/mol. The summed E-state index contributed by atoms with van der Waals surface area (Å²) in [6.45, 7) is 1.48. The molecule has 8 heteroatoms. The molecule has 7 nitrogen and oxygen atoms in total. The Morgan fingerprint density at radius 1 is 1.62 bits per heavy atom. The molecule has 90 valence electrons. The highest BCUT2D eigenvalue weighted by atomic mass is 32.2. The van der Waals surface area contributed by atoms with E-state index in [-0.39, 0.29) is 12.3 Å². The number of hydrogen-bond donors (Lipinski definition) is 1. The number of nitrogens with zero attached hydrogens (tertiary/aromatic N) is 2. The first-order chi connectivity index (χ1) is 7.46. The van der Waals surface area contributed by atoms with E-state index in [1.165, 1.54) is 31.1 Å². The van der Waals surface area contributed by atoms with E-state index < -0.39 is 16.0 Å². The van der Waals surface area contributed by atoms with Crippen LogP contribution >= 0.6 is 0 Å². The van der Waals surface area contributed by atoms with Gasteiger partial charge in [0.15, 0.2) is 0 Å². The van der Waals surface area contributed by atoms with Crippen molar-refractivity contribution in [2.24, 2.45) is 0 Å². The third-order valence-corrected chi connectivity index (χ3v) is 3.11.